The first-order chi connectivity index (χ1) is 6.06. The summed E-state index contributed by atoms with van der Waals surface area (Å²) in [5.74, 6) is 0. The van der Waals surface area contributed by atoms with E-state index in [2.05, 4.69) is 25.2 Å². The van der Waals surface area contributed by atoms with Crippen molar-refractivity contribution in [3.63, 3.8) is 0 Å². The zero-order chi connectivity index (χ0) is 10.0. The van der Waals surface area contributed by atoms with Gasteiger partial charge in [-0.25, -0.2) is 0 Å². The number of benzene rings is 1. The Balaban J connectivity index is 3.15. The monoisotopic (exact) mass is 197 g/mol. The summed E-state index contributed by atoms with van der Waals surface area (Å²) in [5.41, 5.74) is 3.71. The third kappa shape index (κ3) is 2.23. The van der Waals surface area contributed by atoms with E-state index in [1.807, 2.05) is 20.0 Å². The highest BCUT2D eigenvalue weighted by molar-refractivity contribution is 6.31. The van der Waals surface area contributed by atoms with Crippen LogP contribution >= 0.6 is 11.6 Å². The van der Waals surface area contributed by atoms with E-state index in [-0.39, 0.29) is 0 Å². The predicted molar refractivity (Wildman–Crippen MR) is 58.4 cm³/mol. The van der Waals surface area contributed by atoms with Gasteiger partial charge in [0.15, 0.2) is 0 Å². The first-order valence-electron chi connectivity index (χ1n) is 4.50. The summed E-state index contributed by atoms with van der Waals surface area (Å²) < 4.78 is 0. The van der Waals surface area contributed by atoms with Crippen molar-refractivity contribution in [2.24, 2.45) is 0 Å². The quantitative estimate of drug-likeness (QED) is 0.768. The summed E-state index contributed by atoms with van der Waals surface area (Å²) >= 11 is 6.01. The molecule has 0 amide bonds. The smallest absolute Gasteiger partial charge is 0.0438 e. The van der Waals surface area contributed by atoms with Crippen LogP contribution in [-0.2, 0) is 0 Å². The number of halogens is 1. The minimum absolute atomic E-state index is 0.385. The minimum atomic E-state index is 0.385. The molecular weight excluding hydrogens is 182 g/mol. The van der Waals surface area contributed by atoms with E-state index >= 15 is 0 Å². The van der Waals surface area contributed by atoms with Gasteiger partial charge in [-0.05, 0) is 50.6 Å². The van der Waals surface area contributed by atoms with E-state index in [0.717, 1.165) is 10.6 Å². The van der Waals surface area contributed by atoms with Crippen molar-refractivity contribution < 1.29 is 0 Å². The lowest BCUT2D eigenvalue weighted by molar-refractivity contribution is 0.648. The number of hydrogen-bond acceptors (Lipinski definition) is 1. The summed E-state index contributed by atoms with van der Waals surface area (Å²) in [6.07, 6.45) is 0. The molecule has 0 aliphatic rings. The van der Waals surface area contributed by atoms with E-state index in [1.54, 1.807) is 0 Å². The Kier molecular flexibility index (Phi) is 3.34. The Morgan fingerprint density at radius 3 is 2.38 bits per heavy atom. The van der Waals surface area contributed by atoms with Gasteiger partial charge in [-0.1, -0.05) is 17.7 Å². The molecule has 72 valence electrons. The normalized spacial score (nSPS) is 13.0. The molecule has 1 aromatic carbocycles. The molecule has 1 atom stereocenters. The second kappa shape index (κ2) is 4.12. The zero-order valence-electron chi connectivity index (χ0n) is 8.61. The van der Waals surface area contributed by atoms with E-state index in [1.165, 1.54) is 11.1 Å². The molecule has 0 fully saturated rings. The highest BCUT2D eigenvalue weighted by atomic mass is 35.5. The number of hydrogen-bond donors (Lipinski definition) is 1. The summed E-state index contributed by atoms with van der Waals surface area (Å²) in [7, 11) is 1.97. The fourth-order valence-electron chi connectivity index (χ4n) is 1.43. The van der Waals surface area contributed by atoms with Crippen LogP contribution < -0.4 is 5.32 Å². The van der Waals surface area contributed by atoms with Gasteiger partial charge in [0.1, 0.15) is 0 Å². The van der Waals surface area contributed by atoms with E-state index in [4.69, 9.17) is 11.6 Å². The average Bonchev–Trinajstić information content (AvgIpc) is 2.10. The second-order valence-electron chi connectivity index (χ2n) is 3.47. The Morgan fingerprint density at radius 2 is 1.85 bits per heavy atom. The standard InChI is InChI=1S/C11H16ClN/c1-7-6-11(12)8(2)5-10(7)9(3)13-4/h5-6,9,13H,1-4H3. The lowest BCUT2D eigenvalue weighted by atomic mass is 10.0. The summed E-state index contributed by atoms with van der Waals surface area (Å²) in [5, 5.41) is 4.08. The van der Waals surface area contributed by atoms with Gasteiger partial charge in [-0.3, -0.25) is 0 Å². The maximum atomic E-state index is 6.01. The van der Waals surface area contributed by atoms with Crippen LogP contribution in [0.5, 0.6) is 0 Å². The molecule has 1 unspecified atom stereocenters. The predicted octanol–water partition coefficient (Wildman–Crippen LogP) is 3.24. The number of aryl methyl sites for hydroxylation is 2. The van der Waals surface area contributed by atoms with E-state index in [9.17, 15) is 0 Å². The molecule has 1 nitrogen and oxygen atoms in total. The Bertz CT molecular complexity index is 307. The highest BCUT2D eigenvalue weighted by Crippen LogP contribution is 2.24. The molecule has 0 heterocycles. The van der Waals surface area contributed by atoms with E-state index in [0.29, 0.717) is 6.04 Å². The molecule has 0 aliphatic heterocycles. The van der Waals surface area contributed by atoms with Gasteiger partial charge in [-0.2, -0.15) is 0 Å². The highest BCUT2D eigenvalue weighted by Gasteiger charge is 2.07. The molecular formula is C11H16ClN. The van der Waals surface area contributed by atoms with Crippen molar-refractivity contribution in [2.45, 2.75) is 26.8 Å². The molecule has 1 rings (SSSR count). The van der Waals surface area contributed by atoms with Gasteiger partial charge in [-0.15, -0.1) is 0 Å². The molecule has 0 saturated heterocycles. The Labute approximate surface area is 85.1 Å². The average molecular weight is 198 g/mol. The first-order valence-corrected chi connectivity index (χ1v) is 4.88. The zero-order valence-corrected chi connectivity index (χ0v) is 9.37. The summed E-state index contributed by atoms with van der Waals surface area (Å²) in [4.78, 5) is 0. The van der Waals surface area contributed by atoms with E-state index < -0.39 is 0 Å². The molecule has 2 heteroatoms. The van der Waals surface area contributed by atoms with Crippen molar-refractivity contribution in [3.8, 4) is 0 Å². The van der Waals surface area contributed by atoms with Crippen molar-refractivity contribution >= 4 is 11.6 Å². The van der Waals surface area contributed by atoms with Crippen LogP contribution in [0, 0.1) is 13.8 Å². The SMILES string of the molecule is CNC(C)c1cc(C)c(Cl)cc1C. The molecule has 0 spiro atoms. The van der Waals surface area contributed by atoms with Gasteiger partial charge < -0.3 is 5.32 Å². The van der Waals surface area contributed by atoms with Crippen LogP contribution in [0.15, 0.2) is 12.1 Å². The van der Waals surface area contributed by atoms with Crippen molar-refractivity contribution in [2.75, 3.05) is 7.05 Å². The lowest BCUT2D eigenvalue weighted by Crippen LogP contribution is -2.13. The van der Waals surface area contributed by atoms with Crippen LogP contribution in [0.2, 0.25) is 5.02 Å². The fourth-order valence-corrected chi connectivity index (χ4v) is 1.64. The molecule has 0 radical (unpaired) electrons. The maximum absolute atomic E-state index is 6.01. The third-order valence-electron chi connectivity index (χ3n) is 2.45. The molecule has 0 bridgehead atoms. The van der Waals surface area contributed by atoms with Gasteiger partial charge in [0.2, 0.25) is 0 Å². The molecule has 13 heavy (non-hydrogen) atoms. The minimum Gasteiger partial charge on any atom is -0.313 e. The maximum Gasteiger partial charge on any atom is 0.0438 e. The Morgan fingerprint density at radius 1 is 1.23 bits per heavy atom. The molecule has 1 N–H and O–H groups in total. The number of rotatable bonds is 2. The summed E-state index contributed by atoms with van der Waals surface area (Å²) in [6, 6.07) is 4.56. The lowest BCUT2D eigenvalue weighted by Gasteiger charge is -2.15. The van der Waals surface area contributed by atoms with Gasteiger partial charge in [0.05, 0.1) is 0 Å². The van der Waals surface area contributed by atoms with Crippen LogP contribution in [0.1, 0.15) is 29.7 Å². The third-order valence-corrected chi connectivity index (χ3v) is 2.85. The molecule has 0 saturated carbocycles. The van der Waals surface area contributed by atoms with Crippen molar-refractivity contribution in [1.82, 2.24) is 5.32 Å². The first kappa shape index (κ1) is 10.6. The molecule has 0 aliphatic carbocycles. The summed E-state index contributed by atoms with van der Waals surface area (Å²) in [6.45, 7) is 6.28. The molecule has 0 aromatic heterocycles. The molecule has 1 aromatic rings. The Hall–Kier alpha value is -0.530. The van der Waals surface area contributed by atoms with Crippen molar-refractivity contribution in [1.29, 1.82) is 0 Å². The van der Waals surface area contributed by atoms with Crippen LogP contribution in [0.4, 0.5) is 0 Å². The van der Waals surface area contributed by atoms with Crippen LogP contribution in [-0.4, -0.2) is 7.05 Å². The van der Waals surface area contributed by atoms with Gasteiger partial charge >= 0.3 is 0 Å². The van der Waals surface area contributed by atoms with Gasteiger partial charge in [0, 0.05) is 11.1 Å². The fraction of sp³-hybridized carbons (Fsp3) is 0.455. The topological polar surface area (TPSA) is 12.0 Å². The van der Waals surface area contributed by atoms with Crippen LogP contribution in [0.3, 0.4) is 0 Å². The second-order valence-corrected chi connectivity index (χ2v) is 3.88. The van der Waals surface area contributed by atoms with Gasteiger partial charge in [0.25, 0.3) is 0 Å². The van der Waals surface area contributed by atoms with Crippen molar-refractivity contribution in [3.05, 3.63) is 33.8 Å². The largest absolute Gasteiger partial charge is 0.313 e. The number of nitrogens with one attached hydrogen (secondary N) is 1. The van der Waals surface area contributed by atoms with Crippen LogP contribution in [0.25, 0.3) is 0 Å².